The minimum atomic E-state index is -0.00148. The lowest BCUT2D eigenvalue weighted by molar-refractivity contribution is 0.527. The topological polar surface area (TPSA) is 32.9 Å². The first-order valence-electron chi connectivity index (χ1n) is 5.66. The van der Waals surface area contributed by atoms with E-state index in [1.807, 2.05) is 6.20 Å². The third-order valence-electron chi connectivity index (χ3n) is 3.10. The van der Waals surface area contributed by atoms with Crippen molar-refractivity contribution in [3.63, 3.8) is 0 Å². The summed E-state index contributed by atoms with van der Waals surface area (Å²) < 4.78 is 0. The highest BCUT2D eigenvalue weighted by atomic mass is 16.1. The summed E-state index contributed by atoms with van der Waals surface area (Å²) in [5.74, 6) is 1.48. The molecule has 1 atom stereocenters. The van der Waals surface area contributed by atoms with Crippen LogP contribution in [0.5, 0.6) is 0 Å². The first-order valence-corrected chi connectivity index (χ1v) is 5.66. The third kappa shape index (κ3) is 2.71. The van der Waals surface area contributed by atoms with Crippen molar-refractivity contribution in [2.24, 2.45) is 5.92 Å². The van der Waals surface area contributed by atoms with Gasteiger partial charge in [0.1, 0.15) is 0 Å². The molecular formula is C13H21NO. The predicted octanol–water partition coefficient (Wildman–Crippen LogP) is 3.26. The Morgan fingerprint density at radius 1 is 1.07 bits per heavy atom. The van der Waals surface area contributed by atoms with Gasteiger partial charge in [0, 0.05) is 12.3 Å². The zero-order chi connectivity index (χ0) is 11.6. The van der Waals surface area contributed by atoms with Crippen LogP contribution in [-0.4, -0.2) is 4.98 Å². The molecule has 0 amide bonds. The van der Waals surface area contributed by atoms with Gasteiger partial charge >= 0.3 is 0 Å². The predicted molar refractivity (Wildman–Crippen MR) is 64.4 cm³/mol. The van der Waals surface area contributed by atoms with Gasteiger partial charge in [0.2, 0.25) is 5.56 Å². The number of aromatic amines is 1. The fraction of sp³-hybridized carbons (Fsp3) is 0.615. The van der Waals surface area contributed by atoms with Crippen LogP contribution in [-0.2, 0) is 0 Å². The monoisotopic (exact) mass is 207 g/mol. The highest BCUT2D eigenvalue weighted by Crippen LogP contribution is 2.29. The van der Waals surface area contributed by atoms with E-state index in [0.717, 1.165) is 0 Å². The minimum absolute atomic E-state index is 0.00148. The van der Waals surface area contributed by atoms with Crippen molar-refractivity contribution < 1.29 is 0 Å². The molecule has 1 unspecified atom stereocenters. The summed E-state index contributed by atoms with van der Waals surface area (Å²) in [4.78, 5) is 14.1. The van der Waals surface area contributed by atoms with Crippen molar-refractivity contribution in [2.75, 3.05) is 0 Å². The Kier molecular flexibility index (Phi) is 3.72. The molecule has 1 heterocycles. The maximum atomic E-state index is 11.3. The summed E-state index contributed by atoms with van der Waals surface area (Å²) in [5.41, 5.74) is 2.46. The largest absolute Gasteiger partial charge is 0.329 e. The van der Waals surface area contributed by atoms with Crippen LogP contribution >= 0.6 is 0 Å². The van der Waals surface area contributed by atoms with E-state index in [-0.39, 0.29) is 5.56 Å². The Hall–Kier alpha value is -1.05. The SMILES string of the molecule is CC(C)c1cc(=O)[nH]cc1C(C)C(C)C. The van der Waals surface area contributed by atoms with Gasteiger partial charge in [-0.05, 0) is 28.9 Å². The Balaban J connectivity index is 3.22. The molecule has 0 bridgehead atoms. The van der Waals surface area contributed by atoms with Crippen LogP contribution in [0.2, 0.25) is 0 Å². The van der Waals surface area contributed by atoms with Crippen LogP contribution < -0.4 is 5.56 Å². The Morgan fingerprint density at radius 2 is 1.67 bits per heavy atom. The molecule has 0 saturated carbocycles. The summed E-state index contributed by atoms with van der Waals surface area (Å²) in [6.45, 7) is 10.9. The molecule has 0 fully saturated rings. The van der Waals surface area contributed by atoms with Crippen LogP contribution in [0.4, 0.5) is 0 Å². The molecule has 0 radical (unpaired) electrons. The molecule has 1 N–H and O–H groups in total. The summed E-state index contributed by atoms with van der Waals surface area (Å²) in [6.07, 6.45) is 1.88. The molecule has 15 heavy (non-hydrogen) atoms. The van der Waals surface area contributed by atoms with Crippen molar-refractivity contribution in [3.05, 3.63) is 33.7 Å². The number of hydrogen-bond donors (Lipinski definition) is 1. The van der Waals surface area contributed by atoms with E-state index >= 15 is 0 Å². The molecule has 2 nitrogen and oxygen atoms in total. The second kappa shape index (κ2) is 4.65. The van der Waals surface area contributed by atoms with Crippen LogP contribution in [0.15, 0.2) is 17.1 Å². The quantitative estimate of drug-likeness (QED) is 0.810. The van der Waals surface area contributed by atoms with Gasteiger partial charge in [-0.1, -0.05) is 34.6 Å². The first kappa shape index (κ1) is 12.0. The number of pyridine rings is 1. The van der Waals surface area contributed by atoms with Crippen LogP contribution in [0, 0.1) is 5.92 Å². The van der Waals surface area contributed by atoms with Crippen molar-refractivity contribution in [1.82, 2.24) is 4.98 Å². The van der Waals surface area contributed by atoms with Gasteiger partial charge in [-0.15, -0.1) is 0 Å². The molecule has 0 aromatic carbocycles. The second-order valence-corrected chi connectivity index (χ2v) is 4.90. The van der Waals surface area contributed by atoms with E-state index in [1.165, 1.54) is 11.1 Å². The highest BCUT2D eigenvalue weighted by molar-refractivity contribution is 5.29. The number of rotatable bonds is 3. The number of hydrogen-bond acceptors (Lipinski definition) is 1. The zero-order valence-corrected chi connectivity index (χ0v) is 10.3. The molecule has 2 heteroatoms. The van der Waals surface area contributed by atoms with Gasteiger partial charge < -0.3 is 4.98 Å². The normalized spacial score (nSPS) is 13.5. The maximum Gasteiger partial charge on any atom is 0.248 e. The molecule has 0 spiro atoms. The lowest BCUT2D eigenvalue weighted by Gasteiger charge is -2.20. The molecule has 0 aliphatic rings. The summed E-state index contributed by atoms with van der Waals surface area (Å²) in [5, 5.41) is 0. The van der Waals surface area contributed by atoms with Crippen molar-refractivity contribution in [3.8, 4) is 0 Å². The minimum Gasteiger partial charge on any atom is -0.329 e. The molecule has 0 aliphatic heterocycles. The number of nitrogens with one attached hydrogen (secondary N) is 1. The van der Waals surface area contributed by atoms with Gasteiger partial charge in [0.15, 0.2) is 0 Å². The van der Waals surface area contributed by atoms with E-state index in [4.69, 9.17) is 0 Å². The third-order valence-corrected chi connectivity index (χ3v) is 3.10. The van der Waals surface area contributed by atoms with Crippen molar-refractivity contribution in [2.45, 2.75) is 46.5 Å². The van der Waals surface area contributed by atoms with Crippen LogP contribution in [0.3, 0.4) is 0 Å². The van der Waals surface area contributed by atoms with Gasteiger partial charge in [0.25, 0.3) is 0 Å². The average Bonchev–Trinajstić information content (AvgIpc) is 2.16. The van der Waals surface area contributed by atoms with E-state index < -0.39 is 0 Å². The number of H-pyrrole nitrogens is 1. The van der Waals surface area contributed by atoms with Crippen molar-refractivity contribution in [1.29, 1.82) is 0 Å². The average molecular weight is 207 g/mol. The van der Waals surface area contributed by atoms with Crippen LogP contribution in [0.1, 0.15) is 57.6 Å². The smallest absolute Gasteiger partial charge is 0.248 e. The Bertz CT molecular complexity index is 376. The van der Waals surface area contributed by atoms with E-state index in [9.17, 15) is 4.79 Å². The standard InChI is InChI=1S/C13H21NO/c1-8(2)10(5)12-7-14-13(15)6-11(12)9(3)4/h6-10H,1-5H3,(H,14,15). The first-order chi connectivity index (χ1) is 6.93. The van der Waals surface area contributed by atoms with Gasteiger partial charge in [0.05, 0.1) is 0 Å². The molecule has 0 aliphatic carbocycles. The van der Waals surface area contributed by atoms with E-state index in [2.05, 4.69) is 39.6 Å². The van der Waals surface area contributed by atoms with Gasteiger partial charge in [-0.3, -0.25) is 4.79 Å². The lowest BCUT2D eigenvalue weighted by Crippen LogP contribution is -2.13. The van der Waals surface area contributed by atoms with Crippen molar-refractivity contribution >= 4 is 0 Å². The molecule has 84 valence electrons. The zero-order valence-electron chi connectivity index (χ0n) is 10.3. The summed E-state index contributed by atoms with van der Waals surface area (Å²) in [7, 11) is 0. The Morgan fingerprint density at radius 3 is 2.13 bits per heavy atom. The second-order valence-electron chi connectivity index (χ2n) is 4.90. The van der Waals surface area contributed by atoms with Crippen LogP contribution in [0.25, 0.3) is 0 Å². The Labute approximate surface area is 91.7 Å². The summed E-state index contributed by atoms with van der Waals surface area (Å²) in [6, 6.07) is 1.74. The molecule has 1 aromatic rings. The highest BCUT2D eigenvalue weighted by Gasteiger charge is 2.16. The number of aromatic nitrogens is 1. The fourth-order valence-corrected chi connectivity index (χ4v) is 1.75. The summed E-state index contributed by atoms with van der Waals surface area (Å²) >= 11 is 0. The molecule has 0 saturated heterocycles. The van der Waals surface area contributed by atoms with E-state index in [1.54, 1.807) is 6.07 Å². The molecular weight excluding hydrogens is 186 g/mol. The van der Waals surface area contributed by atoms with E-state index in [0.29, 0.717) is 17.8 Å². The molecule has 1 aromatic heterocycles. The lowest BCUT2D eigenvalue weighted by atomic mass is 9.85. The van der Waals surface area contributed by atoms with Gasteiger partial charge in [-0.25, -0.2) is 0 Å². The fourth-order valence-electron chi connectivity index (χ4n) is 1.75. The van der Waals surface area contributed by atoms with Gasteiger partial charge in [-0.2, -0.15) is 0 Å². The molecule has 1 rings (SSSR count). The maximum absolute atomic E-state index is 11.3.